The molecule has 0 fully saturated rings. The van der Waals surface area contributed by atoms with Crippen LogP contribution in [0.25, 0.3) is 0 Å². The van der Waals surface area contributed by atoms with Crippen molar-refractivity contribution in [3.8, 4) is 0 Å². The van der Waals surface area contributed by atoms with E-state index in [9.17, 15) is 9.59 Å². The van der Waals surface area contributed by atoms with E-state index in [-0.39, 0.29) is 12.3 Å². The molecule has 3 N–H and O–H groups in total. The van der Waals surface area contributed by atoms with Crippen LogP contribution in [0.2, 0.25) is 0 Å². The summed E-state index contributed by atoms with van der Waals surface area (Å²) >= 11 is 0. The van der Waals surface area contributed by atoms with Crippen LogP contribution in [0.15, 0.2) is 24.3 Å². The number of carboxylic acid groups (broad SMARTS) is 1. The molecule has 0 atom stereocenters. The number of likely N-dealkylation sites (N-methyl/N-ethyl adjacent to an activating group) is 1. The predicted molar refractivity (Wildman–Crippen MR) is 72.5 cm³/mol. The highest BCUT2D eigenvalue weighted by atomic mass is 16.4. The summed E-state index contributed by atoms with van der Waals surface area (Å²) < 4.78 is 0. The number of nitrogens with zero attached hydrogens (tertiary/aromatic N) is 1. The van der Waals surface area contributed by atoms with Gasteiger partial charge in [-0.3, -0.25) is 4.79 Å². The summed E-state index contributed by atoms with van der Waals surface area (Å²) in [7, 11) is 1.50. The second kappa shape index (κ2) is 5.84. The summed E-state index contributed by atoms with van der Waals surface area (Å²) in [6.45, 7) is 3.36. The van der Waals surface area contributed by atoms with Gasteiger partial charge in [0.1, 0.15) is 5.54 Å². The van der Waals surface area contributed by atoms with E-state index >= 15 is 0 Å². The highest BCUT2D eigenvalue weighted by Gasteiger charge is 2.35. The molecule has 0 bridgehead atoms. The first kappa shape index (κ1) is 15.2. The third-order valence-electron chi connectivity index (χ3n) is 3.42. The molecule has 0 saturated heterocycles. The largest absolute Gasteiger partial charge is 0.480 e. The number of amides is 1. The maximum Gasteiger partial charge on any atom is 0.329 e. The molecule has 5 nitrogen and oxygen atoms in total. The topological polar surface area (TPSA) is 83.6 Å². The number of aliphatic carboxylic acids is 1. The molecule has 1 rings (SSSR count). The first-order valence-corrected chi connectivity index (χ1v) is 6.07. The molecule has 1 aromatic rings. The Labute approximate surface area is 113 Å². The minimum atomic E-state index is -1.23. The zero-order chi connectivity index (χ0) is 14.6. The zero-order valence-corrected chi connectivity index (χ0v) is 11.5. The number of rotatable bonds is 5. The van der Waals surface area contributed by atoms with Gasteiger partial charge in [0.2, 0.25) is 5.91 Å². The Bertz CT molecular complexity index is 483. The summed E-state index contributed by atoms with van der Waals surface area (Å²) in [5, 5.41) is 9.11. The summed E-state index contributed by atoms with van der Waals surface area (Å²) in [4.78, 5) is 24.5. The number of carboxylic acids is 1. The molecule has 0 unspecified atom stereocenters. The van der Waals surface area contributed by atoms with E-state index in [2.05, 4.69) is 0 Å². The molecule has 0 aliphatic carbocycles. The second-order valence-corrected chi connectivity index (χ2v) is 4.97. The summed E-state index contributed by atoms with van der Waals surface area (Å²) in [6.07, 6.45) is 0.153. The number of hydrogen-bond donors (Lipinski definition) is 2. The van der Waals surface area contributed by atoms with Crippen LogP contribution in [0.5, 0.6) is 0 Å². The van der Waals surface area contributed by atoms with Gasteiger partial charge >= 0.3 is 5.97 Å². The summed E-state index contributed by atoms with van der Waals surface area (Å²) in [5.41, 5.74) is 6.13. The van der Waals surface area contributed by atoms with Crippen LogP contribution >= 0.6 is 0 Å². The number of carbonyl (C=O) groups is 2. The monoisotopic (exact) mass is 264 g/mol. The van der Waals surface area contributed by atoms with Crippen molar-refractivity contribution in [1.82, 2.24) is 4.90 Å². The first-order valence-electron chi connectivity index (χ1n) is 6.07. The number of hydrogen-bond acceptors (Lipinski definition) is 3. The normalized spacial score (nSPS) is 11.2. The van der Waals surface area contributed by atoms with E-state index in [4.69, 9.17) is 10.8 Å². The van der Waals surface area contributed by atoms with Gasteiger partial charge in [0.25, 0.3) is 0 Å². The third kappa shape index (κ3) is 3.32. The van der Waals surface area contributed by atoms with Crippen molar-refractivity contribution in [3.63, 3.8) is 0 Å². The van der Waals surface area contributed by atoms with Crippen LogP contribution in [0.1, 0.15) is 25.0 Å². The molecule has 0 aliphatic heterocycles. The zero-order valence-electron chi connectivity index (χ0n) is 11.5. The predicted octanol–water partition coefficient (Wildman–Crippen LogP) is 1.01. The lowest BCUT2D eigenvalue weighted by Crippen LogP contribution is -2.51. The van der Waals surface area contributed by atoms with Crippen LogP contribution in [0, 0.1) is 0 Å². The van der Waals surface area contributed by atoms with Crippen LogP contribution in [-0.2, 0) is 22.6 Å². The van der Waals surface area contributed by atoms with Gasteiger partial charge in [0, 0.05) is 13.6 Å². The molecule has 1 amide bonds. The Hall–Kier alpha value is -1.88. The molecular formula is C14H20N2O3. The summed E-state index contributed by atoms with van der Waals surface area (Å²) in [5.74, 6) is -1.27. The van der Waals surface area contributed by atoms with Gasteiger partial charge in [-0.05, 0) is 25.0 Å². The number of benzene rings is 1. The van der Waals surface area contributed by atoms with E-state index < -0.39 is 11.5 Å². The third-order valence-corrected chi connectivity index (χ3v) is 3.42. The van der Waals surface area contributed by atoms with Crippen LogP contribution < -0.4 is 5.73 Å². The Morgan fingerprint density at radius 1 is 1.26 bits per heavy atom. The SMILES string of the molecule is CN(C(=O)Cc1ccccc1CN)C(C)(C)C(=O)O. The molecule has 0 aliphatic rings. The maximum absolute atomic E-state index is 12.2. The van der Waals surface area contributed by atoms with Crippen LogP contribution in [-0.4, -0.2) is 34.5 Å². The highest BCUT2D eigenvalue weighted by molar-refractivity contribution is 5.87. The quantitative estimate of drug-likeness (QED) is 0.831. The molecule has 0 spiro atoms. The van der Waals surface area contributed by atoms with Gasteiger partial charge in [-0.15, -0.1) is 0 Å². The molecule has 0 aromatic heterocycles. The first-order chi connectivity index (χ1) is 8.80. The fourth-order valence-corrected chi connectivity index (χ4v) is 1.67. The average molecular weight is 264 g/mol. The van der Waals surface area contributed by atoms with E-state index in [1.54, 1.807) is 0 Å². The maximum atomic E-state index is 12.2. The second-order valence-electron chi connectivity index (χ2n) is 4.97. The van der Waals surface area contributed by atoms with Gasteiger partial charge in [-0.1, -0.05) is 24.3 Å². The Morgan fingerprint density at radius 3 is 2.26 bits per heavy atom. The van der Waals surface area contributed by atoms with Crippen molar-refractivity contribution < 1.29 is 14.7 Å². The minimum absolute atomic E-state index is 0.153. The van der Waals surface area contributed by atoms with Crippen molar-refractivity contribution in [3.05, 3.63) is 35.4 Å². The minimum Gasteiger partial charge on any atom is -0.480 e. The molecule has 1 aromatic carbocycles. The number of carbonyl (C=O) groups excluding carboxylic acids is 1. The Balaban J connectivity index is 2.88. The molecule has 5 heteroatoms. The van der Waals surface area contributed by atoms with Gasteiger partial charge in [-0.25, -0.2) is 4.79 Å². The molecule has 0 radical (unpaired) electrons. The fourth-order valence-electron chi connectivity index (χ4n) is 1.67. The van der Waals surface area contributed by atoms with Gasteiger partial charge in [0.05, 0.1) is 6.42 Å². The van der Waals surface area contributed by atoms with Crippen LogP contribution in [0.4, 0.5) is 0 Å². The Kier molecular flexibility index (Phi) is 4.67. The fraction of sp³-hybridized carbons (Fsp3) is 0.429. The van der Waals surface area contributed by atoms with Crippen molar-refractivity contribution >= 4 is 11.9 Å². The average Bonchev–Trinajstić information content (AvgIpc) is 2.38. The smallest absolute Gasteiger partial charge is 0.329 e. The molecule has 104 valence electrons. The van der Waals surface area contributed by atoms with E-state index in [0.29, 0.717) is 6.54 Å². The van der Waals surface area contributed by atoms with Crippen molar-refractivity contribution in [2.45, 2.75) is 32.4 Å². The molecule has 0 saturated carbocycles. The molecule has 19 heavy (non-hydrogen) atoms. The Morgan fingerprint density at radius 2 is 1.79 bits per heavy atom. The molecule has 0 heterocycles. The van der Waals surface area contributed by atoms with Crippen molar-refractivity contribution in [2.75, 3.05) is 7.05 Å². The lowest BCUT2D eigenvalue weighted by atomic mass is 10.0. The lowest BCUT2D eigenvalue weighted by molar-refractivity contribution is -0.155. The van der Waals surface area contributed by atoms with Gasteiger partial charge in [-0.2, -0.15) is 0 Å². The van der Waals surface area contributed by atoms with Crippen molar-refractivity contribution in [1.29, 1.82) is 0 Å². The van der Waals surface area contributed by atoms with Gasteiger partial charge < -0.3 is 15.7 Å². The van der Waals surface area contributed by atoms with E-state index in [0.717, 1.165) is 11.1 Å². The standard InChI is InChI=1S/C14H20N2O3/c1-14(2,13(18)19)16(3)12(17)8-10-6-4-5-7-11(10)9-15/h4-7H,8-9,15H2,1-3H3,(H,18,19). The van der Waals surface area contributed by atoms with Crippen molar-refractivity contribution in [2.24, 2.45) is 5.73 Å². The van der Waals surface area contributed by atoms with E-state index in [1.807, 2.05) is 24.3 Å². The highest BCUT2D eigenvalue weighted by Crippen LogP contribution is 2.16. The number of nitrogens with two attached hydrogens (primary N) is 1. The van der Waals surface area contributed by atoms with E-state index in [1.165, 1.54) is 25.8 Å². The van der Waals surface area contributed by atoms with Gasteiger partial charge in [0.15, 0.2) is 0 Å². The molecular weight excluding hydrogens is 244 g/mol. The lowest BCUT2D eigenvalue weighted by Gasteiger charge is -2.31. The summed E-state index contributed by atoms with van der Waals surface area (Å²) in [6, 6.07) is 7.40. The van der Waals surface area contributed by atoms with Crippen LogP contribution in [0.3, 0.4) is 0 Å².